The molecule has 0 saturated heterocycles. The van der Waals surface area contributed by atoms with Gasteiger partial charge in [0, 0.05) is 40.0 Å². The van der Waals surface area contributed by atoms with E-state index in [9.17, 15) is 9.59 Å². The number of ketones is 2. The molecule has 0 radical (unpaired) electrons. The number of rotatable bonds is 10. The predicted octanol–water partition coefficient (Wildman–Crippen LogP) is 7.33. The van der Waals surface area contributed by atoms with Gasteiger partial charge in [-0.05, 0) is 17.7 Å². The van der Waals surface area contributed by atoms with E-state index >= 15 is 0 Å². The van der Waals surface area contributed by atoms with Gasteiger partial charge in [0.05, 0.1) is 0 Å². The van der Waals surface area contributed by atoms with E-state index in [0.717, 1.165) is 10.5 Å². The summed E-state index contributed by atoms with van der Waals surface area (Å²) in [6, 6.07) is 38.9. The SMILES string of the molecule is O=C(CC(c1ccccc1)C(CSc1ccccc1)C(=O)c1ccccc1)c1ccccc1. The molecule has 0 aliphatic heterocycles. The van der Waals surface area contributed by atoms with Gasteiger partial charge in [-0.2, -0.15) is 0 Å². The van der Waals surface area contributed by atoms with Gasteiger partial charge in [-0.1, -0.05) is 109 Å². The third-order valence-electron chi connectivity index (χ3n) is 5.78. The van der Waals surface area contributed by atoms with Gasteiger partial charge in [-0.25, -0.2) is 0 Å². The van der Waals surface area contributed by atoms with Gasteiger partial charge < -0.3 is 0 Å². The predicted molar refractivity (Wildman–Crippen MR) is 136 cm³/mol. The van der Waals surface area contributed by atoms with Gasteiger partial charge >= 0.3 is 0 Å². The molecule has 0 N–H and O–H groups in total. The minimum Gasteiger partial charge on any atom is -0.294 e. The fraction of sp³-hybridized carbons (Fsp3) is 0.133. The maximum Gasteiger partial charge on any atom is 0.167 e. The molecule has 0 aliphatic carbocycles. The van der Waals surface area contributed by atoms with Crippen LogP contribution in [0.2, 0.25) is 0 Å². The molecule has 0 aliphatic rings. The highest BCUT2D eigenvalue weighted by Gasteiger charge is 2.32. The first-order chi connectivity index (χ1) is 16.2. The summed E-state index contributed by atoms with van der Waals surface area (Å²) >= 11 is 1.67. The first-order valence-electron chi connectivity index (χ1n) is 11.1. The number of Topliss-reactive ketones (excluding diaryl/α,β-unsaturated/α-hetero) is 2. The Hall–Kier alpha value is -3.43. The number of benzene rings is 4. The highest BCUT2D eigenvalue weighted by molar-refractivity contribution is 7.99. The van der Waals surface area contributed by atoms with Crippen molar-refractivity contribution in [1.29, 1.82) is 0 Å². The first-order valence-corrected chi connectivity index (χ1v) is 12.1. The van der Waals surface area contributed by atoms with Crippen LogP contribution >= 0.6 is 11.8 Å². The molecule has 0 fully saturated rings. The molecule has 0 saturated carbocycles. The second-order valence-electron chi connectivity index (χ2n) is 7.97. The van der Waals surface area contributed by atoms with Crippen molar-refractivity contribution in [3.8, 4) is 0 Å². The monoisotopic (exact) mass is 450 g/mol. The van der Waals surface area contributed by atoms with Crippen LogP contribution in [0.3, 0.4) is 0 Å². The molecule has 0 aromatic heterocycles. The zero-order valence-electron chi connectivity index (χ0n) is 18.3. The normalized spacial score (nSPS) is 12.6. The lowest BCUT2D eigenvalue weighted by atomic mass is 9.78. The van der Waals surface area contributed by atoms with Crippen LogP contribution in [0.4, 0.5) is 0 Å². The van der Waals surface area contributed by atoms with E-state index in [0.29, 0.717) is 16.9 Å². The molecule has 2 unspecified atom stereocenters. The third kappa shape index (κ3) is 6.09. The standard InChI is InChI=1S/C30H26O2S/c31-29(24-15-7-2-8-16-24)21-27(23-13-5-1-6-14-23)28(22-33-26-19-11-4-12-20-26)30(32)25-17-9-3-10-18-25/h1-20,27-28H,21-22H2. The lowest BCUT2D eigenvalue weighted by Gasteiger charge is -2.26. The highest BCUT2D eigenvalue weighted by Crippen LogP contribution is 2.36. The first kappa shape index (κ1) is 22.8. The summed E-state index contributed by atoms with van der Waals surface area (Å²) in [6.07, 6.45) is 0.284. The zero-order valence-corrected chi connectivity index (χ0v) is 19.2. The summed E-state index contributed by atoms with van der Waals surface area (Å²) < 4.78 is 0. The Labute approximate surface area is 199 Å². The van der Waals surface area contributed by atoms with Gasteiger partial charge in [-0.3, -0.25) is 9.59 Å². The minimum atomic E-state index is -0.340. The fourth-order valence-electron chi connectivity index (χ4n) is 4.03. The smallest absolute Gasteiger partial charge is 0.167 e. The summed E-state index contributed by atoms with van der Waals surface area (Å²) in [4.78, 5) is 28.1. The molecule has 2 nitrogen and oxygen atoms in total. The highest BCUT2D eigenvalue weighted by atomic mass is 32.2. The Bertz CT molecular complexity index is 1160. The molecule has 0 bridgehead atoms. The average Bonchev–Trinajstić information content (AvgIpc) is 2.90. The lowest BCUT2D eigenvalue weighted by molar-refractivity contribution is 0.0891. The van der Waals surface area contributed by atoms with Crippen molar-refractivity contribution in [2.75, 3.05) is 5.75 Å². The van der Waals surface area contributed by atoms with E-state index < -0.39 is 0 Å². The molecule has 3 heteroatoms. The molecule has 0 amide bonds. The van der Waals surface area contributed by atoms with Gasteiger partial charge in [0.15, 0.2) is 11.6 Å². The Balaban J connectivity index is 1.69. The molecule has 4 rings (SSSR count). The summed E-state index contributed by atoms with van der Waals surface area (Å²) in [5.74, 6) is 0.170. The number of hydrogen-bond donors (Lipinski definition) is 0. The van der Waals surface area contributed by atoms with Crippen LogP contribution in [0.25, 0.3) is 0 Å². The van der Waals surface area contributed by atoms with E-state index in [1.807, 2.05) is 109 Å². The third-order valence-corrected chi connectivity index (χ3v) is 6.91. The largest absolute Gasteiger partial charge is 0.294 e. The van der Waals surface area contributed by atoms with E-state index in [2.05, 4.69) is 12.1 Å². The number of carbonyl (C=O) groups is 2. The van der Waals surface area contributed by atoms with Crippen LogP contribution in [0.5, 0.6) is 0 Å². The summed E-state index contributed by atoms with van der Waals surface area (Å²) in [5.41, 5.74) is 2.38. The van der Waals surface area contributed by atoms with Crippen molar-refractivity contribution >= 4 is 23.3 Å². The molecular formula is C30H26O2S. The van der Waals surface area contributed by atoms with E-state index in [4.69, 9.17) is 0 Å². The summed E-state index contributed by atoms with van der Waals surface area (Å²) in [7, 11) is 0. The maximum atomic E-state index is 13.8. The number of thioether (sulfide) groups is 1. The Kier molecular flexibility index (Phi) is 7.89. The molecule has 2 atom stereocenters. The van der Waals surface area contributed by atoms with Crippen LogP contribution in [-0.4, -0.2) is 17.3 Å². The Morgan fingerprint density at radius 2 is 1.09 bits per heavy atom. The van der Waals surface area contributed by atoms with Gasteiger partial charge in [0.1, 0.15) is 0 Å². The second-order valence-corrected chi connectivity index (χ2v) is 9.06. The van der Waals surface area contributed by atoms with Crippen LogP contribution in [0.1, 0.15) is 38.6 Å². The maximum absolute atomic E-state index is 13.8. The van der Waals surface area contributed by atoms with E-state index in [1.165, 1.54) is 0 Å². The van der Waals surface area contributed by atoms with Crippen LogP contribution < -0.4 is 0 Å². The molecule has 0 heterocycles. The average molecular weight is 451 g/mol. The van der Waals surface area contributed by atoms with Gasteiger partial charge in [0.2, 0.25) is 0 Å². The van der Waals surface area contributed by atoms with Crippen molar-refractivity contribution in [2.45, 2.75) is 17.2 Å². The Morgan fingerprint density at radius 3 is 1.67 bits per heavy atom. The van der Waals surface area contributed by atoms with Crippen LogP contribution in [-0.2, 0) is 0 Å². The van der Waals surface area contributed by atoms with Crippen molar-refractivity contribution in [1.82, 2.24) is 0 Å². The van der Waals surface area contributed by atoms with Crippen molar-refractivity contribution in [3.63, 3.8) is 0 Å². The summed E-state index contributed by atoms with van der Waals surface area (Å²) in [5, 5.41) is 0. The minimum absolute atomic E-state index is 0.0556. The molecule has 0 spiro atoms. The zero-order chi connectivity index (χ0) is 22.9. The quantitative estimate of drug-likeness (QED) is 0.187. The lowest BCUT2D eigenvalue weighted by Crippen LogP contribution is -2.27. The van der Waals surface area contributed by atoms with Crippen molar-refractivity contribution in [2.24, 2.45) is 5.92 Å². The van der Waals surface area contributed by atoms with Gasteiger partial charge in [0.25, 0.3) is 0 Å². The number of carbonyl (C=O) groups excluding carboxylic acids is 2. The molecule has 33 heavy (non-hydrogen) atoms. The second kappa shape index (κ2) is 11.4. The van der Waals surface area contributed by atoms with E-state index in [1.54, 1.807) is 11.8 Å². The van der Waals surface area contributed by atoms with Crippen LogP contribution in [0.15, 0.2) is 126 Å². The van der Waals surface area contributed by atoms with Crippen molar-refractivity contribution < 1.29 is 9.59 Å². The topological polar surface area (TPSA) is 34.1 Å². The number of hydrogen-bond acceptors (Lipinski definition) is 3. The molecule has 4 aromatic rings. The Morgan fingerprint density at radius 1 is 0.606 bits per heavy atom. The van der Waals surface area contributed by atoms with Gasteiger partial charge in [-0.15, -0.1) is 11.8 Å². The molecule has 164 valence electrons. The fourth-order valence-corrected chi connectivity index (χ4v) is 5.13. The molecular weight excluding hydrogens is 424 g/mol. The molecule has 4 aromatic carbocycles. The van der Waals surface area contributed by atoms with E-state index in [-0.39, 0.29) is 29.8 Å². The summed E-state index contributed by atoms with van der Waals surface area (Å²) in [6.45, 7) is 0. The van der Waals surface area contributed by atoms with Crippen LogP contribution in [0, 0.1) is 5.92 Å². The van der Waals surface area contributed by atoms with Crippen molar-refractivity contribution in [3.05, 3.63) is 138 Å².